The Balaban J connectivity index is 0.000000211. The van der Waals surface area contributed by atoms with Crippen LogP contribution in [0.25, 0.3) is 16.7 Å². The molecule has 254 valence electrons. The van der Waals surface area contributed by atoms with Crippen LogP contribution in [0, 0.1) is 17.8 Å². The molecule has 0 bridgehead atoms. The second kappa shape index (κ2) is 13.6. The van der Waals surface area contributed by atoms with Crippen LogP contribution < -0.4 is 0 Å². The molecule has 0 saturated carbocycles. The Morgan fingerprint density at radius 1 is 0.542 bits per heavy atom. The third-order valence-electron chi connectivity index (χ3n) is 13.4. The zero-order chi connectivity index (χ0) is 31.8. The van der Waals surface area contributed by atoms with Crippen molar-refractivity contribution < 1.29 is 17.4 Å². The average Bonchev–Trinajstić information content (AvgIpc) is 3.71. The summed E-state index contributed by atoms with van der Waals surface area (Å²) in [5.41, 5.74) is 20.2. The molecule has 6 aliphatic rings. The van der Waals surface area contributed by atoms with Crippen LogP contribution in [0.4, 0.5) is 0 Å². The van der Waals surface area contributed by atoms with Crippen LogP contribution in [0.2, 0.25) is 16.5 Å². The standard InChI is InChI=1S/C14H16.2C14H15.2CH3.2ClH.H2Si.Zr/c3*1-10-6-7-12-9-11-4-2-3-5-13(11)14(12)8-10;;;;;;/h2-5,10H,6-9H2,1H3;2*2-5,7,10H,6,8-9H2,1H3;2*1H3;2*1H;1H2;. The topological polar surface area (TPSA) is 0 Å². The molecule has 0 aliphatic heterocycles. The first-order valence-corrected chi connectivity index (χ1v) is 32.2. The third kappa shape index (κ3) is 6.22. The minimum Gasteiger partial charge on any atom is -0.147 e. The van der Waals surface area contributed by atoms with Gasteiger partial charge in [0.25, 0.3) is 0 Å². The zero-order valence-corrected chi connectivity index (χ0v) is 35.4. The van der Waals surface area contributed by atoms with Crippen molar-refractivity contribution >= 4 is 48.4 Å². The minimum absolute atomic E-state index is 0. The Labute approximate surface area is 305 Å². The van der Waals surface area contributed by atoms with Crippen molar-refractivity contribution in [2.75, 3.05) is 0 Å². The summed E-state index contributed by atoms with van der Waals surface area (Å²) in [7, 11) is 0. The first-order valence-electron chi connectivity index (χ1n) is 18.5. The molecule has 3 aromatic carbocycles. The van der Waals surface area contributed by atoms with Crippen molar-refractivity contribution in [2.45, 2.75) is 101 Å². The van der Waals surface area contributed by atoms with Gasteiger partial charge in [-0.05, 0) is 48.3 Å². The number of hydrogen-bond donors (Lipinski definition) is 0. The van der Waals surface area contributed by atoms with Gasteiger partial charge in [0.15, 0.2) is 0 Å². The zero-order valence-electron chi connectivity index (χ0n) is 29.9. The predicted molar refractivity (Wildman–Crippen MR) is 213 cm³/mol. The quantitative estimate of drug-likeness (QED) is 0.228. The van der Waals surface area contributed by atoms with E-state index in [4.69, 9.17) is 0 Å². The first kappa shape index (κ1) is 36.4. The Kier molecular flexibility index (Phi) is 10.3. The summed E-state index contributed by atoms with van der Waals surface area (Å²) in [6, 6.07) is 27.6. The van der Waals surface area contributed by atoms with Crippen LogP contribution in [0.15, 0.2) is 89.5 Å². The van der Waals surface area contributed by atoms with Crippen molar-refractivity contribution in [1.29, 1.82) is 0 Å². The summed E-state index contributed by atoms with van der Waals surface area (Å²) in [6.45, 7) is 10.0. The van der Waals surface area contributed by atoms with Gasteiger partial charge in [0.05, 0.1) is 0 Å². The maximum absolute atomic E-state index is 3.16. The molecule has 5 unspecified atom stereocenters. The monoisotopic (exact) mass is 772 g/mol. The Bertz CT molecular complexity index is 1810. The summed E-state index contributed by atoms with van der Waals surface area (Å²) >= 11 is -3.16. The van der Waals surface area contributed by atoms with E-state index in [1.165, 1.54) is 64.2 Å². The molecule has 0 aromatic heterocycles. The second-order valence-corrected chi connectivity index (χ2v) is 48.6. The fraction of sp³-hybridized carbons (Fsp3) is 0.455. The molecule has 48 heavy (non-hydrogen) atoms. The van der Waals surface area contributed by atoms with Crippen LogP contribution in [0.3, 0.4) is 0 Å². The summed E-state index contributed by atoms with van der Waals surface area (Å²) in [5, 5.41) is 0. The largest absolute Gasteiger partial charge is 0.147 e. The van der Waals surface area contributed by atoms with Crippen molar-refractivity contribution in [2.24, 2.45) is 17.8 Å². The van der Waals surface area contributed by atoms with Crippen LogP contribution in [-0.4, -0.2) is 6.88 Å². The minimum atomic E-state index is -3.16. The summed E-state index contributed by atoms with van der Waals surface area (Å²) < 4.78 is 7.47. The molecule has 0 N–H and O–H groups in total. The molecule has 0 saturated heterocycles. The molecule has 0 nitrogen and oxygen atoms in total. The van der Waals surface area contributed by atoms with Gasteiger partial charge in [0, 0.05) is 0 Å². The maximum atomic E-state index is 2.87. The predicted octanol–water partition coefficient (Wildman–Crippen LogP) is 12.4. The van der Waals surface area contributed by atoms with Gasteiger partial charge in [-0.1, -0.05) is 36.8 Å². The van der Waals surface area contributed by atoms with Crippen molar-refractivity contribution in [1.82, 2.24) is 0 Å². The summed E-state index contributed by atoms with van der Waals surface area (Å²) in [4.78, 5) is 0. The molecule has 0 amide bonds. The Morgan fingerprint density at radius 2 is 0.938 bits per heavy atom. The van der Waals surface area contributed by atoms with Gasteiger partial charge in [-0.15, -0.1) is 24.8 Å². The molecule has 9 rings (SSSR count). The fourth-order valence-corrected chi connectivity index (χ4v) is 29.9. The van der Waals surface area contributed by atoms with E-state index in [9.17, 15) is 0 Å². The SMILES string of the molecule is CC1CC2=C(Cc3ccccc32)[CH]([Zr]([CH3])([CH3])(=[SiH2])[CH]2CC(C)CC3=C2Cc2ccccc23)C1.CC1CCC2=C(C1)c1ccccc1C2.Cl.Cl. The summed E-state index contributed by atoms with van der Waals surface area (Å²) in [6.07, 6.45) is 13.2. The third-order valence-corrected chi connectivity index (χ3v) is 33.4. The van der Waals surface area contributed by atoms with Gasteiger partial charge in [0.1, 0.15) is 0 Å². The van der Waals surface area contributed by atoms with Gasteiger partial charge >= 0.3 is 198 Å². The second-order valence-electron chi connectivity index (χ2n) is 17.6. The van der Waals surface area contributed by atoms with E-state index in [1.807, 2.05) is 11.1 Å². The van der Waals surface area contributed by atoms with Crippen molar-refractivity contribution in [3.8, 4) is 0 Å². The van der Waals surface area contributed by atoms with E-state index in [0.717, 1.165) is 25.0 Å². The Hall–Kier alpha value is -1.44. The van der Waals surface area contributed by atoms with Gasteiger partial charge in [-0.2, -0.15) is 0 Å². The molecular weight excluding hydrogens is 719 g/mol. The van der Waals surface area contributed by atoms with Crippen molar-refractivity contribution in [3.63, 3.8) is 0 Å². The van der Waals surface area contributed by atoms with Crippen LogP contribution in [-0.2, 0) is 36.7 Å². The number of allylic oxidation sites excluding steroid dienone is 6. The van der Waals surface area contributed by atoms with E-state index < -0.39 is 17.4 Å². The summed E-state index contributed by atoms with van der Waals surface area (Å²) in [5.74, 6) is 2.52. The van der Waals surface area contributed by atoms with Gasteiger partial charge in [0.2, 0.25) is 0 Å². The van der Waals surface area contributed by atoms with E-state index in [0.29, 0.717) is 0 Å². The normalized spacial score (nSPS) is 26.9. The van der Waals surface area contributed by atoms with Crippen LogP contribution in [0.1, 0.15) is 99.1 Å². The van der Waals surface area contributed by atoms with Crippen molar-refractivity contribution in [3.05, 3.63) is 123 Å². The number of hydrogen-bond acceptors (Lipinski definition) is 0. The molecule has 5 atom stereocenters. The average molecular weight is 775 g/mol. The van der Waals surface area contributed by atoms with Gasteiger partial charge < -0.3 is 0 Å². The van der Waals surface area contributed by atoms with E-state index in [2.05, 4.69) is 110 Å². The number of fused-ring (bicyclic) bond motifs is 6. The molecule has 0 heterocycles. The molecule has 3 aromatic rings. The van der Waals surface area contributed by atoms with E-state index in [-0.39, 0.29) is 24.8 Å². The number of rotatable bonds is 2. The molecule has 0 fully saturated rings. The molecular formula is C44H56Cl2SiZr. The number of benzene rings is 3. The Morgan fingerprint density at radius 3 is 1.42 bits per heavy atom. The first-order chi connectivity index (χ1) is 22.1. The van der Waals surface area contributed by atoms with Gasteiger partial charge in [-0.3, -0.25) is 0 Å². The maximum Gasteiger partial charge on any atom is -0.00550 e. The van der Waals surface area contributed by atoms with E-state index >= 15 is 0 Å². The fourth-order valence-electron chi connectivity index (χ4n) is 11.0. The smallest absolute Gasteiger partial charge is 0.00550 e. The molecule has 4 heteroatoms. The van der Waals surface area contributed by atoms with Gasteiger partial charge in [-0.25, -0.2) is 0 Å². The number of halogens is 2. The van der Waals surface area contributed by atoms with E-state index in [1.54, 1.807) is 55.7 Å². The van der Waals surface area contributed by atoms with Crippen LogP contribution in [0.5, 0.6) is 0 Å². The molecule has 0 radical (unpaired) electrons. The molecule has 6 aliphatic carbocycles. The van der Waals surface area contributed by atoms with Crippen LogP contribution >= 0.6 is 24.8 Å². The molecule has 0 spiro atoms.